The van der Waals surface area contributed by atoms with E-state index in [2.05, 4.69) is 5.32 Å². The highest BCUT2D eigenvalue weighted by atomic mass is 19.1. The SMILES string of the molecule is Nc1ccc(F)c(C2CC3CC3C(=O)N2)c1. The van der Waals surface area contributed by atoms with Gasteiger partial charge in [-0.2, -0.15) is 0 Å². The minimum absolute atomic E-state index is 0.0584. The third-order valence-electron chi connectivity index (χ3n) is 3.51. The van der Waals surface area contributed by atoms with Crippen LogP contribution in [0, 0.1) is 17.7 Å². The van der Waals surface area contributed by atoms with E-state index in [1.165, 1.54) is 12.1 Å². The van der Waals surface area contributed by atoms with Crippen LogP contribution in [0.1, 0.15) is 24.4 Å². The maximum absolute atomic E-state index is 13.6. The molecule has 3 nitrogen and oxygen atoms in total. The monoisotopic (exact) mass is 220 g/mol. The van der Waals surface area contributed by atoms with Crippen molar-refractivity contribution in [2.45, 2.75) is 18.9 Å². The molecule has 1 amide bonds. The number of nitrogens with one attached hydrogen (secondary N) is 1. The largest absolute Gasteiger partial charge is 0.399 e. The number of anilines is 1. The Kier molecular flexibility index (Phi) is 1.93. The number of benzene rings is 1. The van der Waals surface area contributed by atoms with Gasteiger partial charge in [-0.1, -0.05) is 0 Å². The van der Waals surface area contributed by atoms with Gasteiger partial charge in [-0.3, -0.25) is 4.79 Å². The molecule has 3 atom stereocenters. The zero-order chi connectivity index (χ0) is 11.3. The number of carbonyl (C=O) groups excluding carboxylic acids is 1. The summed E-state index contributed by atoms with van der Waals surface area (Å²) in [6, 6.07) is 4.29. The van der Waals surface area contributed by atoms with Gasteiger partial charge in [-0.25, -0.2) is 4.39 Å². The number of carbonyl (C=O) groups is 1. The Morgan fingerprint density at radius 2 is 2.19 bits per heavy atom. The smallest absolute Gasteiger partial charge is 0.223 e. The van der Waals surface area contributed by atoms with Gasteiger partial charge in [0.1, 0.15) is 5.82 Å². The first-order chi connectivity index (χ1) is 7.65. The predicted octanol–water partition coefficient (Wildman–Crippen LogP) is 1.61. The van der Waals surface area contributed by atoms with Crippen LogP contribution >= 0.6 is 0 Å². The maximum Gasteiger partial charge on any atom is 0.223 e. The van der Waals surface area contributed by atoms with Crippen LogP contribution in [0.5, 0.6) is 0 Å². The fourth-order valence-corrected chi connectivity index (χ4v) is 2.50. The first-order valence-corrected chi connectivity index (χ1v) is 5.50. The van der Waals surface area contributed by atoms with Crippen LogP contribution in [0.3, 0.4) is 0 Å². The molecule has 3 rings (SSSR count). The molecule has 16 heavy (non-hydrogen) atoms. The van der Waals surface area contributed by atoms with E-state index in [1.54, 1.807) is 6.07 Å². The van der Waals surface area contributed by atoms with E-state index >= 15 is 0 Å². The lowest BCUT2D eigenvalue weighted by Gasteiger charge is -2.23. The Bertz CT molecular complexity index is 460. The fraction of sp³-hybridized carbons (Fsp3) is 0.417. The summed E-state index contributed by atoms with van der Waals surface area (Å²) < 4.78 is 13.6. The Morgan fingerprint density at radius 1 is 1.38 bits per heavy atom. The molecule has 2 fully saturated rings. The Morgan fingerprint density at radius 3 is 2.94 bits per heavy atom. The zero-order valence-corrected chi connectivity index (χ0v) is 8.74. The van der Waals surface area contributed by atoms with Crippen LogP contribution < -0.4 is 11.1 Å². The first kappa shape index (κ1) is 9.63. The van der Waals surface area contributed by atoms with Gasteiger partial charge in [0.25, 0.3) is 0 Å². The number of piperidine rings is 1. The van der Waals surface area contributed by atoms with Crippen molar-refractivity contribution in [3.63, 3.8) is 0 Å². The van der Waals surface area contributed by atoms with Crippen molar-refractivity contribution in [1.82, 2.24) is 5.32 Å². The Labute approximate surface area is 92.8 Å². The average molecular weight is 220 g/mol. The van der Waals surface area contributed by atoms with E-state index < -0.39 is 0 Å². The van der Waals surface area contributed by atoms with Crippen molar-refractivity contribution in [2.24, 2.45) is 11.8 Å². The fourth-order valence-electron chi connectivity index (χ4n) is 2.50. The normalized spacial score (nSPS) is 31.8. The molecule has 4 heteroatoms. The summed E-state index contributed by atoms with van der Waals surface area (Å²) in [5, 5.41) is 2.86. The Hall–Kier alpha value is -1.58. The number of rotatable bonds is 1. The molecule has 2 aliphatic rings. The maximum atomic E-state index is 13.6. The van der Waals surface area contributed by atoms with Gasteiger partial charge >= 0.3 is 0 Å². The quantitative estimate of drug-likeness (QED) is 0.706. The molecular formula is C12H13FN2O. The Balaban J connectivity index is 1.91. The van der Waals surface area contributed by atoms with Crippen molar-refractivity contribution in [1.29, 1.82) is 0 Å². The summed E-state index contributed by atoms with van der Waals surface area (Å²) in [6.07, 6.45) is 1.78. The van der Waals surface area contributed by atoms with E-state index in [4.69, 9.17) is 5.73 Å². The third-order valence-corrected chi connectivity index (χ3v) is 3.51. The minimum Gasteiger partial charge on any atom is -0.399 e. The van der Waals surface area contributed by atoms with Gasteiger partial charge in [-0.05, 0) is 37.0 Å². The molecule has 3 N–H and O–H groups in total. The van der Waals surface area contributed by atoms with Crippen LogP contribution in [0.15, 0.2) is 18.2 Å². The van der Waals surface area contributed by atoms with Crippen LogP contribution in [0.4, 0.5) is 10.1 Å². The van der Waals surface area contributed by atoms with E-state index in [-0.39, 0.29) is 23.7 Å². The molecule has 1 aliphatic carbocycles. The van der Waals surface area contributed by atoms with Crippen molar-refractivity contribution in [3.05, 3.63) is 29.6 Å². The van der Waals surface area contributed by atoms with E-state index in [1.807, 2.05) is 0 Å². The number of fused-ring (bicyclic) bond motifs is 1. The van der Waals surface area contributed by atoms with Crippen LogP contribution in [0.2, 0.25) is 0 Å². The minimum atomic E-state index is -0.293. The highest BCUT2D eigenvalue weighted by Crippen LogP contribution is 2.48. The van der Waals surface area contributed by atoms with Crippen LogP contribution in [0.25, 0.3) is 0 Å². The summed E-state index contributed by atoms with van der Waals surface area (Å²) in [4.78, 5) is 11.6. The van der Waals surface area contributed by atoms with Crippen molar-refractivity contribution in [2.75, 3.05) is 5.73 Å². The van der Waals surface area contributed by atoms with Gasteiger partial charge in [0.2, 0.25) is 5.91 Å². The summed E-state index contributed by atoms with van der Waals surface area (Å²) >= 11 is 0. The third kappa shape index (κ3) is 1.45. The van der Waals surface area contributed by atoms with Crippen LogP contribution in [-0.2, 0) is 4.79 Å². The summed E-state index contributed by atoms with van der Waals surface area (Å²) in [7, 11) is 0. The average Bonchev–Trinajstić information content (AvgIpc) is 3.01. The molecule has 0 radical (unpaired) electrons. The van der Waals surface area contributed by atoms with Crippen molar-refractivity contribution in [3.8, 4) is 0 Å². The van der Waals surface area contributed by atoms with E-state index in [0.29, 0.717) is 17.2 Å². The van der Waals surface area contributed by atoms with Crippen molar-refractivity contribution < 1.29 is 9.18 Å². The number of hydrogen-bond donors (Lipinski definition) is 2. The molecule has 0 bridgehead atoms. The molecule has 1 aromatic rings. The van der Waals surface area contributed by atoms with Gasteiger partial charge in [0.15, 0.2) is 0 Å². The second-order valence-electron chi connectivity index (χ2n) is 4.68. The number of nitrogen functional groups attached to an aromatic ring is 1. The molecular weight excluding hydrogens is 207 g/mol. The van der Waals surface area contributed by atoms with Gasteiger partial charge in [0.05, 0.1) is 6.04 Å². The van der Waals surface area contributed by atoms with Gasteiger partial charge in [-0.15, -0.1) is 0 Å². The molecule has 84 valence electrons. The van der Waals surface area contributed by atoms with Crippen molar-refractivity contribution >= 4 is 11.6 Å². The summed E-state index contributed by atoms with van der Waals surface area (Å²) in [6.45, 7) is 0. The second-order valence-corrected chi connectivity index (χ2v) is 4.68. The van der Waals surface area contributed by atoms with E-state index in [9.17, 15) is 9.18 Å². The molecule has 1 aromatic carbocycles. The molecule has 0 spiro atoms. The zero-order valence-electron chi connectivity index (χ0n) is 8.74. The highest BCUT2D eigenvalue weighted by molar-refractivity contribution is 5.83. The van der Waals surface area contributed by atoms with Gasteiger partial charge < -0.3 is 11.1 Å². The topological polar surface area (TPSA) is 55.1 Å². The molecule has 0 aromatic heterocycles. The summed E-state index contributed by atoms with van der Waals surface area (Å²) in [5.74, 6) is 0.390. The molecule has 1 saturated carbocycles. The molecule has 3 unspecified atom stereocenters. The molecule has 1 saturated heterocycles. The molecule has 1 aliphatic heterocycles. The first-order valence-electron chi connectivity index (χ1n) is 5.50. The highest BCUT2D eigenvalue weighted by Gasteiger charge is 2.48. The number of nitrogens with two attached hydrogens (primary N) is 1. The lowest BCUT2D eigenvalue weighted by atomic mass is 9.96. The number of hydrogen-bond acceptors (Lipinski definition) is 2. The van der Waals surface area contributed by atoms with Crippen LogP contribution in [-0.4, -0.2) is 5.91 Å². The molecule has 1 heterocycles. The predicted molar refractivity (Wildman–Crippen MR) is 57.9 cm³/mol. The lowest BCUT2D eigenvalue weighted by Crippen LogP contribution is -2.34. The second kappa shape index (κ2) is 3.20. The number of halogens is 1. The number of amides is 1. The van der Waals surface area contributed by atoms with Gasteiger partial charge in [0, 0.05) is 17.2 Å². The summed E-state index contributed by atoms with van der Waals surface area (Å²) in [5.41, 5.74) is 6.68. The standard InChI is InChI=1S/C12H13FN2O/c13-10-2-1-7(14)5-9(10)11-4-6-3-8(6)12(16)15-11/h1-2,5-6,8,11H,3-4,14H2,(H,15,16). The van der Waals surface area contributed by atoms with E-state index in [0.717, 1.165) is 12.8 Å². The lowest BCUT2D eigenvalue weighted by molar-refractivity contribution is -0.124.